The maximum Gasteiger partial charge on any atom is -0.0417 e. The Labute approximate surface area is 123 Å². The van der Waals surface area contributed by atoms with Gasteiger partial charge in [0.15, 0.2) is 0 Å². The third-order valence-electron chi connectivity index (χ3n) is 4.51. The molecule has 0 saturated heterocycles. The Kier molecular flexibility index (Phi) is 16.1. The van der Waals surface area contributed by atoms with Crippen LogP contribution in [0.15, 0.2) is 0 Å². The Hall–Kier alpha value is 0. The smallest absolute Gasteiger partial charge is 0.0417 e. The fraction of sp³-hybridized carbons (Fsp3) is 1.00. The summed E-state index contributed by atoms with van der Waals surface area (Å²) < 4.78 is 0. The van der Waals surface area contributed by atoms with Crippen molar-refractivity contribution in [3.8, 4) is 0 Å². The summed E-state index contributed by atoms with van der Waals surface area (Å²) in [4.78, 5) is 0. The van der Waals surface area contributed by atoms with Gasteiger partial charge < -0.3 is 0 Å². The van der Waals surface area contributed by atoms with Crippen LogP contribution in [0.5, 0.6) is 0 Å². The second-order valence-corrected chi connectivity index (χ2v) is 6.39. The normalized spacial score (nSPS) is 12.8. The van der Waals surface area contributed by atoms with Crippen LogP contribution in [0.1, 0.15) is 117 Å². The molecule has 0 aromatic heterocycles. The van der Waals surface area contributed by atoms with Gasteiger partial charge in [-0.2, -0.15) is 0 Å². The molecule has 0 aliphatic carbocycles. The monoisotopic (exact) mass is 268 g/mol. The molecule has 0 aromatic rings. The van der Waals surface area contributed by atoms with Crippen molar-refractivity contribution < 1.29 is 0 Å². The first-order valence-electron chi connectivity index (χ1n) is 9.35. The van der Waals surface area contributed by atoms with Crippen LogP contribution >= 0.6 is 0 Å². The number of hydrogen-bond acceptors (Lipinski definition) is 0. The van der Waals surface area contributed by atoms with Gasteiger partial charge in [-0.05, 0) is 5.92 Å². The quantitative estimate of drug-likeness (QED) is 0.269. The van der Waals surface area contributed by atoms with Crippen molar-refractivity contribution in [3.05, 3.63) is 0 Å². The second kappa shape index (κ2) is 16.1. The Bertz CT molecular complexity index is 150. The van der Waals surface area contributed by atoms with Gasteiger partial charge in [-0.1, -0.05) is 117 Å². The van der Waals surface area contributed by atoms with Crippen LogP contribution in [0.3, 0.4) is 0 Å². The maximum atomic E-state index is 2.38. The SMILES string of the molecule is CCCCCCCCCCCC(CC)CCCCC. The summed E-state index contributed by atoms with van der Waals surface area (Å²) in [5.41, 5.74) is 0. The van der Waals surface area contributed by atoms with Crippen molar-refractivity contribution in [3.63, 3.8) is 0 Å². The molecule has 0 nitrogen and oxygen atoms in total. The summed E-state index contributed by atoms with van der Waals surface area (Å²) in [6, 6.07) is 0. The minimum absolute atomic E-state index is 1.02. The van der Waals surface area contributed by atoms with Crippen molar-refractivity contribution in [1.29, 1.82) is 0 Å². The number of hydrogen-bond donors (Lipinski definition) is 0. The van der Waals surface area contributed by atoms with Gasteiger partial charge in [0, 0.05) is 0 Å². The van der Waals surface area contributed by atoms with Crippen molar-refractivity contribution in [1.82, 2.24) is 0 Å². The Morgan fingerprint density at radius 3 is 1.32 bits per heavy atom. The number of rotatable bonds is 15. The average molecular weight is 269 g/mol. The third kappa shape index (κ3) is 14.2. The highest BCUT2D eigenvalue weighted by atomic mass is 14.1. The van der Waals surface area contributed by atoms with Crippen LogP contribution in [0.4, 0.5) is 0 Å². The van der Waals surface area contributed by atoms with E-state index in [1.807, 2.05) is 0 Å². The van der Waals surface area contributed by atoms with Gasteiger partial charge in [-0.15, -0.1) is 0 Å². The van der Waals surface area contributed by atoms with Crippen molar-refractivity contribution in [2.24, 2.45) is 5.92 Å². The van der Waals surface area contributed by atoms with Gasteiger partial charge in [0.1, 0.15) is 0 Å². The first-order valence-corrected chi connectivity index (χ1v) is 9.35. The van der Waals surface area contributed by atoms with Gasteiger partial charge in [0.2, 0.25) is 0 Å². The fourth-order valence-corrected chi connectivity index (χ4v) is 2.98. The van der Waals surface area contributed by atoms with Crippen molar-refractivity contribution in [2.45, 2.75) is 117 Å². The van der Waals surface area contributed by atoms with Gasteiger partial charge in [0.05, 0.1) is 0 Å². The first kappa shape index (κ1) is 19.0. The van der Waals surface area contributed by atoms with E-state index in [1.54, 1.807) is 0 Å². The lowest BCUT2D eigenvalue weighted by molar-refractivity contribution is 0.395. The third-order valence-corrected chi connectivity index (χ3v) is 4.51. The van der Waals surface area contributed by atoms with Crippen molar-refractivity contribution >= 4 is 0 Å². The molecule has 116 valence electrons. The van der Waals surface area contributed by atoms with E-state index in [-0.39, 0.29) is 0 Å². The van der Waals surface area contributed by atoms with Crippen LogP contribution < -0.4 is 0 Å². The maximum absolute atomic E-state index is 2.38. The highest BCUT2D eigenvalue weighted by Gasteiger charge is 2.05. The minimum Gasteiger partial charge on any atom is -0.0654 e. The highest BCUT2D eigenvalue weighted by Crippen LogP contribution is 2.21. The predicted molar refractivity (Wildman–Crippen MR) is 89.8 cm³/mol. The lowest BCUT2D eigenvalue weighted by atomic mass is 9.92. The van der Waals surface area contributed by atoms with Gasteiger partial charge in [-0.25, -0.2) is 0 Å². The van der Waals surface area contributed by atoms with E-state index >= 15 is 0 Å². The molecule has 0 saturated carbocycles. The van der Waals surface area contributed by atoms with Crippen LogP contribution in [-0.4, -0.2) is 0 Å². The topological polar surface area (TPSA) is 0 Å². The van der Waals surface area contributed by atoms with E-state index in [9.17, 15) is 0 Å². The highest BCUT2D eigenvalue weighted by molar-refractivity contribution is 4.58. The summed E-state index contributed by atoms with van der Waals surface area (Å²) in [5.74, 6) is 1.02. The predicted octanol–water partition coefficient (Wildman–Crippen LogP) is 7.51. The molecule has 0 rings (SSSR count). The first-order chi connectivity index (χ1) is 9.35. The fourth-order valence-electron chi connectivity index (χ4n) is 2.98. The molecule has 1 unspecified atom stereocenters. The van der Waals surface area contributed by atoms with E-state index < -0.39 is 0 Å². The largest absolute Gasteiger partial charge is 0.0654 e. The van der Waals surface area contributed by atoms with Gasteiger partial charge in [-0.3, -0.25) is 0 Å². The molecule has 0 aromatic carbocycles. The van der Waals surface area contributed by atoms with Gasteiger partial charge >= 0.3 is 0 Å². The minimum atomic E-state index is 1.02. The lowest BCUT2D eigenvalue weighted by Gasteiger charge is -2.14. The average Bonchev–Trinajstić information content (AvgIpc) is 2.43. The molecule has 0 spiro atoms. The van der Waals surface area contributed by atoms with Crippen molar-refractivity contribution in [2.75, 3.05) is 0 Å². The number of unbranched alkanes of at least 4 members (excludes halogenated alkanes) is 10. The second-order valence-electron chi connectivity index (χ2n) is 6.39. The summed E-state index contributed by atoms with van der Waals surface area (Å²) >= 11 is 0. The summed E-state index contributed by atoms with van der Waals surface area (Å²) in [5, 5.41) is 0. The Morgan fingerprint density at radius 1 is 0.474 bits per heavy atom. The van der Waals surface area contributed by atoms with E-state index in [0.717, 1.165) is 5.92 Å². The molecular weight excluding hydrogens is 228 g/mol. The zero-order valence-electron chi connectivity index (χ0n) is 14.2. The van der Waals surface area contributed by atoms with E-state index in [2.05, 4.69) is 20.8 Å². The zero-order valence-corrected chi connectivity index (χ0v) is 14.2. The summed E-state index contributed by atoms with van der Waals surface area (Å²) in [6.45, 7) is 6.98. The Morgan fingerprint density at radius 2 is 0.842 bits per heavy atom. The van der Waals surface area contributed by atoms with Crippen LogP contribution in [0.25, 0.3) is 0 Å². The summed E-state index contributed by atoms with van der Waals surface area (Å²) in [7, 11) is 0. The van der Waals surface area contributed by atoms with Crippen LogP contribution in [0, 0.1) is 5.92 Å². The molecule has 0 N–H and O–H groups in total. The molecular formula is C19H40. The molecule has 0 fully saturated rings. The Balaban J connectivity index is 3.21. The molecule has 0 aliphatic heterocycles. The van der Waals surface area contributed by atoms with E-state index in [1.165, 1.54) is 96.3 Å². The molecule has 0 heteroatoms. The molecule has 19 heavy (non-hydrogen) atoms. The van der Waals surface area contributed by atoms with Crippen LogP contribution in [0.2, 0.25) is 0 Å². The van der Waals surface area contributed by atoms with E-state index in [0.29, 0.717) is 0 Å². The van der Waals surface area contributed by atoms with Gasteiger partial charge in [0.25, 0.3) is 0 Å². The molecule has 1 atom stereocenters. The lowest BCUT2D eigenvalue weighted by Crippen LogP contribution is -1.99. The standard InChI is InChI=1S/C19H40/c1-4-7-9-10-11-12-13-14-16-18-19(6-3)17-15-8-5-2/h19H,4-18H2,1-3H3. The molecule has 0 heterocycles. The molecule has 0 amide bonds. The molecule has 0 bridgehead atoms. The zero-order chi connectivity index (χ0) is 14.2. The molecule has 0 radical (unpaired) electrons. The van der Waals surface area contributed by atoms with E-state index in [4.69, 9.17) is 0 Å². The van der Waals surface area contributed by atoms with Crippen LogP contribution in [-0.2, 0) is 0 Å². The molecule has 0 aliphatic rings. The summed E-state index contributed by atoms with van der Waals surface area (Å²) in [6.07, 6.45) is 21.8.